The number of piperidine rings is 1. The zero-order valence-electron chi connectivity index (χ0n) is 18.4. The standard InChI is InChI=1S/C21H27IN6O3/c1-13-18(14-10-17(30-5)19-16(22)11-23-27(19)12-14)24-25-28(13)15-6-8-26(9-7-15)20(29)31-21(2,3)4/h10-12,15H,6-9H2,1-5H3. The number of hydrogen-bond donors (Lipinski definition) is 0. The first-order chi connectivity index (χ1) is 14.7. The van der Waals surface area contributed by atoms with Gasteiger partial charge in [0.25, 0.3) is 0 Å². The molecule has 1 fully saturated rings. The second-order valence-corrected chi connectivity index (χ2v) is 9.91. The van der Waals surface area contributed by atoms with Crippen LogP contribution in [0.15, 0.2) is 18.5 Å². The Hall–Kier alpha value is -2.37. The van der Waals surface area contributed by atoms with E-state index in [4.69, 9.17) is 9.47 Å². The molecule has 0 aromatic carbocycles. The van der Waals surface area contributed by atoms with Crippen LogP contribution in [0.2, 0.25) is 0 Å². The van der Waals surface area contributed by atoms with Crippen molar-refractivity contribution in [3.8, 4) is 17.0 Å². The molecule has 1 aliphatic rings. The first kappa shape index (κ1) is 21.8. The van der Waals surface area contributed by atoms with Gasteiger partial charge in [-0.2, -0.15) is 5.10 Å². The van der Waals surface area contributed by atoms with Gasteiger partial charge in [0.05, 0.1) is 28.6 Å². The van der Waals surface area contributed by atoms with E-state index in [1.807, 2.05) is 55.4 Å². The Morgan fingerprint density at radius 1 is 1.26 bits per heavy atom. The van der Waals surface area contributed by atoms with Crippen molar-refractivity contribution in [2.45, 2.75) is 52.2 Å². The first-order valence-electron chi connectivity index (χ1n) is 10.3. The summed E-state index contributed by atoms with van der Waals surface area (Å²) >= 11 is 2.25. The maximum atomic E-state index is 12.3. The summed E-state index contributed by atoms with van der Waals surface area (Å²) in [6, 6.07) is 2.17. The topological polar surface area (TPSA) is 86.8 Å². The number of aromatic nitrogens is 5. The number of halogens is 1. The van der Waals surface area contributed by atoms with Crippen molar-refractivity contribution >= 4 is 34.2 Å². The van der Waals surface area contributed by atoms with E-state index in [-0.39, 0.29) is 12.1 Å². The van der Waals surface area contributed by atoms with Crippen molar-refractivity contribution < 1.29 is 14.3 Å². The first-order valence-corrected chi connectivity index (χ1v) is 11.4. The van der Waals surface area contributed by atoms with E-state index in [9.17, 15) is 4.79 Å². The number of likely N-dealkylation sites (tertiary alicyclic amines) is 1. The van der Waals surface area contributed by atoms with Gasteiger partial charge in [0.1, 0.15) is 22.6 Å². The largest absolute Gasteiger partial charge is 0.494 e. The molecule has 0 N–H and O–H groups in total. The molecule has 31 heavy (non-hydrogen) atoms. The van der Waals surface area contributed by atoms with Crippen LogP contribution in [0.1, 0.15) is 45.3 Å². The third-order valence-electron chi connectivity index (χ3n) is 5.41. The van der Waals surface area contributed by atoms with Gasteiger partial charge in [-0.15, -0.1) is 5.10 Å². The molecule has 0 saturated carbocycles. The number of nitrogens with zero attached hydrogens (tertiary/aromatic N) is 6. The Bertz CT molecular complexity index is 1110. The summed E-state index contributed by atoms with van der Waals surface area (Å²) in [5.41, 5.74) is 3.14. The Labute approximate surface area is 194 Å². The molecule has 0 atom stereocenters. The fourth-order valence-electron chi connectivity index (χ4n) is 3.91. The summed E-state index contributed by atoms with van der Waals surface area (Å²) in [6.45, 7) is 8.95. The molecule has 4 rings (SSSR count). The Kier molecular flexibility index (Phi) is 5.84. The van der Waals surface area contributed by atoms with Gasteiger partial charge >= 0.3 is 6.09 Å². The zero-order chi connectivity index (χ0) is 22.3. The predicted molar refractivity (Wildman–Crippen MR) is 124 cm³/mol. The highest BCUT2D eigenvalue weighted by Crippen LogP contribution is 2.32. The lowest BCUT2D eigenvalue weighted by Gasteiger charge is -2.33. The van der Waals surface area contributed by atoms with Crippen LogP contribution in [0.25, 0.3) is 16.8 Å². The Morgan fingerprint density at radius 3 is 2.61 bits per heavy atom. The van der Waals surface area contributed by atoms with E-state index >= 15 is 0 Å². The van der Waals surface area contributed by atoms with Crippen LogP contribution in [-0.4, -0.2) is 61.4 Å². The number of rotatable bonds is 3. The van der Waals surface area contributed by atoms with Gasteiger partial charge in [-0.25, -0.2) is 14.0 Å². The minimum atomic E-state index is -0.486. The van der Waals surface area contributed by atoms with E-state index in [0.29, 0.717) is 13.1 Å². The van der Waals surface area contributed by atoms with Gasteiger partial charge in [0.2, 0.25) is 0 Å². The van der Waals surface area contributed by atoms with Gasteiger partial charge in [-0.1, -0.05) is 5.21 Å². The third-order valence-corrected chi connectivity index (χ3v) is 6.20. The summed E-state index contributed by atoms with van der Waals surface area (Å²) in [5.74, 6) is 0.749. The smallest absolute Gasteiger partial charge is 0.410 e. The van der Waals surface area contributed by atoms with Crippen molar-refractivity contribution in [2.75, 3.05) is 20.2 Å². The summed E-state index contributed by atoms with van der Waals surface area (Å²) in [5, 5.41) is 13.3. The van der Waals surface area contributed by atoms with Gasteiger partial charge in [-0.3, -0.25) is 0 Å². The quantitative estimate of drug-likeness (QED) is 0.467. The molecule has 0 aliphatic carbocycles. The highest BCUT2D eigenvalue weighted by molar-refractivity contribution is 14.1. The number of hydrogen-bond acceptors (Lipinski definition) is 6. The van der Waals surface area contributed by atoms with E-state index in [0.717, 1.165) is 44.6 Å². The lowest BCUT2D eigenvalue weighted by Crippen LogP contribution is -2.42. The van der Waals surface area contributed by atoms with Crippen molar-refractivity contribution in [1.29, 1.82) is 0 Å². The second-order valence-electron chi connectivity index (χ2n) is 8.75. The predicted octanol–water partition coefficient (Wildman–Crippen LogP) is 4.09. The Balaban J connectivity index is 1.53. The fourth-order valence-corrected chi connectivity index (χ4v) is 4.54. The van der Waals surface area contributed by atoms with E-state index in [1.165, 1.54) is 0 Å². The highest BCUT2D eigenvalue weighted by atomic mass is 127. The summed E-state index contributed by atoms with van der Waals surface area (Å²) < 4.78 is 15.9. The van der Waals surface area contributed by atoms with Gasteiger partial charge in [0, 0.05) is 24.8 Å². The number of pyridine rings is 1. The average Bonchev–Trinajstić information content (AvgIpc) is 3.29. The van der Waals surface area contributed by atoms with Crippen LogP contribution in [0.3, 0.4) is 0 Å². The normalized spacial score (nSPS) is 15.5. The number of carbonyl (C=O) groups excluding carboxylic acids is 1. The summed E-state index contributed by atoms with van der Waals surface area (Å²) in [6.07, 6.45) is 5.12. The van der Waals surface area contributed by atoms with Gasteiger partial charge in [0.15, 0.2) is 0 Å². The maximum absolute atomic E-state index is 12.3. The number of fused-ring (bicyclic) bond motifs is 1. The number of amides is 1. The highest BCUT2D eigenvalue weighted by Gasteiger charge is 2.29. The molecule has 9 nitrogen and oxygen atoms in total. The van der Waals surface area contributed by atoms with E-state index < -0.39 is 5.60 Å². The number of carbonyl (C=O) groups is 1. The molecule has 4 heterocycles. The molecule has 166 valence electrons. The molecule has 0 spiro atoms. The maximum Gasteiger partial charge on any atom is 0.410 e. The SMILES string of the molecule is COc1cc(-c2nnn(C3CCN(C(=O)OC(C)(C)C)CC3)c2C)cn2ncc(I)c12. The second kappa shape index (κ2) is 8.29. The van der Waals surface area contributed by atoms with Crippen molar-refractivity contribution in [3.05, 3.63) is 27.7 Å². The van der Waals surface area contributed by atoms with E-state index in [2.05, 4.69) is 38.0 Å². The van der Waals surface area contributed by atoms with Crippen LogP contribution in [0.4, 0.5) is 4.79 Å². The monoisotopic (exact) mass is 538 g/mol. The van der Waals surface area contributed by atoms with Crippen LogP contribution in [0.5, 0.6) is 5.75 Å². The zero-order valence-corrected chi connectivity index (χ0v) is 20.6. The minimum absolute atomic E-state index is 0.191. The average molecular weight is 538 g/mol. The van der Waals surface area contributed by atoms with Crippen molar-refractivity contribution in [2.24, 2.45) is 0 Å². The lowest BCUT2D eigenvalue weighted by molar-refractivity contribution is 0.0184. The van der Waals surface area contributed by atoms with Crippen molar-refractivity contribution in [1.82, 2.24) is 29.5 Å². The van der Waals surface area contributed by atoms with Gasteiger partial charge < -0.3 is 14.4 Å². The van der Waals surface area contributed by atoms with E-state index in [1.54, 1.807) is 12.0 Å². The summed E-state index contributed by atoms with van der Waals surface area (Å²) in [7, 11) is 1.66. The Morgan fingerprint density at radius 2 is 1.97 bits per heavy atom. The van der Waals surface area contributed by atoms with Crippen LogP contribution in [0, 0.1) is 10.5 Å². The third kappa shape index (κ3) is 4.35. The number of ether oxygens (including phenoxy) is 2. The van der Waals surface area contributed by atoms with Gasteiger partial charge in [-0.05, 0) is 69.2 Å². The molecular weight excluding hydrogens is 511 g/mol. The molecule has 0 bridgehead atoms. The lowest BCUT2D eigenvalue weighted by atomic mass is 10.0. The van der Waals surface area contributed by atoms with Crippen LogP contribution < -0.4 is 4.74 Å². The molecule has 1 amide bonds. The van der Waals surface area contributed by atoms with Crippen molar-refractivity contribution in [3.63, 3.8) is 0 Å². The minimum Gasteiger partial charge on any atom is -0.494 e. The molecule has 10 heteroatoms. The van der Waals surface area contributed by atoms with Crippen LogP contribution >= 0.6 is 22.6 Å². The molecule has 0 radical (unpaired) electrons. The molecule has 3 aromatic rings. The molecule has 0 unspecified atom stereocenters. The number of methoxy groups -OCH3 is 1. The molecule has 1 aliphatic heterocycles. The summed E-state index contributed by atoms with van der Waals surface area (Å²) in [4.78, 5) is 14.1. The fraction of sp³-hybridized carbons (Fsp3) is 0.524. The molecule has 3 aromatic heterocycles. The van der Waals surface area contributed by atoms with Crippen LogP contribution in [-0.2, 0) is 4.74 Å². The molecular formula is C21H27IN6O3. The molecule has 1 saturated heterocycles.